The molecule has 0 spiro atoms. The van der Waals surface area contributed by atoms with Gasteiger partial charge in [-0.2, -0.15) is 0 Å². The molecule has 11 nitrogen and oxygen atoms in total. The van der Waals surface area contributed by atoms with Crippen molar-refractivity contribution < 1.29 is 24.3 Å². The van der Waals surface area contributed by atoms with Crippen molar-refractivity contribution in [2.24, 2.45) is 22.4 Å². The monoisotopic (exact) mass is 450 g/mol. The number of carboxylic acid groups (broad SMARTS) is 1. The number of guanidine groups is 1. The fourth-order valence-electron chi connectivity index (χ4n) is 5.20. The molecule has 2 atom stereocenters. The number of nitrogens with two attached hydrogens (primary N) is 2. The summed E-state index contributed by atoms with van der Waals surface area (Å²) in [7, 11) is 0. The zero-order valence-corrected chi connectivity index (χ0v) is 18.4. The largest absolute Gasteiger partial charge is 0.481 e. The average molecular weight is 451 g/mol. The Kier molecular flexibility index (Phi) is 7.92. The van der Waals surface area contributed by atoms with Gasteiger partial charge in [0.15, 0.2) is 5.96 Å². The number of piperidine rings is 2. The smallest absolute Gasteiger partial charge is 0.305 e. The number of carbonyl (C=O) groups is 4. The topological polar surface area (TPSA) is 171 Å². The normalized spacial score (nSPS) is 26.6. The number of hydrogen-bond donors (Lipinski definition) is 4. The van der Waals surface area contributed by atoms with E-state index < -0.39 is 24.5 Å². The number of rotatable bonds is 11. The molecule has 0 radical (unpaired) electrons. The lowest BCUT2D eigenvalue weighted by molar-refractivity contribution is -0.177. The summed E-state index contributed by atoms with van der Waals surface area (Å²) in [5, 5.41) is 12.1. The summed E-state index contributed by atoms with van der Waals surface area (Å²) in [6, 6.07) is -1.68. The first kappa shape index (κ1) is 23.8. The average Bonchev–Trinajstić information content (AvgIpc) is 2.76. The second kappa shape index (κ2) is 10.6. The summed E-state index contributed by atoms with van der Waals surface area (Å²) in [5.41, 5.74) is 10.5. The molecule has 0 aromatic heterocycles. The van der Waals surface area contributed by atoms with Crippen LogP contribution < -0.4 is 16.8 Å². The summed E-state index contributed by atoms with van der Waals surface area (Å²) in [4.78, 5) is 57.1. The first-order valence-electron chi connectivity index (χ1n) is 11.5. The standard InChI is InChI=1S/C21H34N6O5/c22-21(23)25-10-4-2-1-3-9-24-16(28)12-26-15(11-17(29)30)19(31)27-14-7-5-13(6-8-14)18(27)20(26)32/h13-15,18H,1-12H2,(H,24,28)(H,29,30)(H4,22,23,25)/t13?,14?,15-,18-/m0/s1. The van der Waals surface area contributed by atoms with Crippen LogP contribution in [-0.2, 0) is 19.2 Å². The Bertz CT molecular complexity index is 760. The molecule has 32 heavy (non-hydrogen) atoms. The highest BCUT2D eigenvalue weighted by Gasteiger charge is 2.55. The first-order chi connectivity index (χ1) is 15.3. The van der Waals surface area contributed by atoms with Crippen molar-refractivity contribution in [3.63, 3.8) is 0 Å². The molecule has 6 N–H and O–H groups in total. The number of nitrogens with one attached hydrogen (secondary N) is 1. The van der Waals surface area contributed by atoms with Gasteiger partial charge in [-0.3, -0.25) is 24.2 Å². The van der Waals surface area contributed by atoms with Gasteiger partial charge < -0.3 is 31.7 Å². The van der Waals surface area contributed by atoms with Crippen molar-refractivity contribution in [3.05, 3.63) is 0 Å². The van der Waals surface area contributed by atoms with E-state index in [1.165, 1.54) is 4.90 Å². The quantitative estimate of drug-likeness (QED) is 0.185. The second-order valence-electron chi connectivity index (χ2n) is 8.91. The number of carboxylic acids is 1. The van der Waals surface area contributed by atoms with Gasteiger partial charge >= 0.3 is 5.97 Å². The molecule has 3 amide bonds. The van der Waals surface area contributed by atoms with Crippen molar-refractivity contribution >= 4 is 29.7 Å². The van der Waals surface area contributed by atoms with Gasteiger partial charge in [0.2, 0.25) is 17.7 Å². The van der Waals surface area contributed by atoms with Gasteiger partial charge in [-0.15, -0.1) is 0 Å². The molecular weight excluding hydrogens is 416 g/mol. The van der Waals surface area contributed by atoms with Crippen LogP contribution in [0.2, 0.25) is 0 Å². The fraction of sp³-hybridized carbons (Fsp3) is 0.762. The number of piperazine rings is 1. The van der Waals surface area contributed by atoms with E-state index in [0.29, 0.717) is 13.1 Å². The lowest BCUT2D eigenvalue weighted by Crippen LogP contribution is -2.72. The van der Waals surface area contributed by atoms with Gasteiger partial charge in [-0.05, 0) is 44.4 Å². The van der Waals surface area contributed by atoms with Crippen LogP contribution in [0.3, 0.4) is 0 Å². The predicted molar refractivity (Wildman–Crippen MR) is 116 cm³/mol. The fourth-order valence-corrected chi connectivity index (χ4v) is 5.20. The number of nitrogens with zero attached hydrogens (tertiary/aromatic N) is 3. The second-order valence-corrected chi connectivity index (χ2v) is 8.91. The summed E-state index contributed by atoms with van der Waals surface area (Å²) in [6.45, 7) is 0.723. The Balaban J connectivity index is 1.53. The highest BCUT2D eigenvalue weighted by Crippen LogP contribution is 2.43. The third-order valence-electron chi connectivity index (χ3n) is 6.72. The van der Waals surface area contributed by atoms with Crippen LogP contribution in [0.25, 0.3) is 0 Å². The summed E-state index contributed by atoms with van der Waals surface area (Å²) >= 11 is 0. The summed E-state index contributed by atoms with van der Waals surface area (Å²) < 4.78 is 0. The van der Waals surface area contributed by atoms with Gasteiger partial charge in [0.1, 0.15) is 18.6 Å². The van der Waals surface area contributed by atoms with Crippen molar-refractivity contribution in [2.75, 3.05) is 19.6 Å². The minimum atomic E-state index is -1.16. The minimum absolute atomic E-state index is 0.000653. The molecule has 1 aliphatic carbocycles. The molecular formula is C21H34N6O5. The minimum Gasteiger partial charge on any atom is -0.481 e. The number of fused-ring (bicyclic) bond motifs is 2. The van der Waals surface area contributed by atoms with Crippen LogP contribution in [0.5, 0.6) is 0 Å². The number of amides is 3. The van der Waals surface area contributed by atoms with Gasteiger partial charge in [0, 0.05) is 19.1 Å². The Labute approximate surface area is 187 Å². The van der Waals surface area contributed by atoms with Gasteiger partial charge in [-0.1, -0.05) is 12.8 Å². The maximum absolute atomic E-state index is 13.3. The van der Waals surface area contributed by atoms with E-state index in [-0.39, 0.29) is 42.2 Å². The first-order valence-corrected chi connectivity index (χ1v) is 11.5. The molecule has 11 heteroatoms. The lowest BCUT2D eigenvalue weighted by Gasteiger charge is -2.56. The number of aliphatic carboxylic acids is 1. The maximum atomic E-state index is 13.3. The molecule has 4 fully saturated rings. The van der Waals surface area contributed by atoms with Gasteiger partial charge in [0.25, 0.3) is 0 Å². The highest BCUT2D eigenvalue weighted by atomic mass is 16.4. The van der Waals surface area contributed by atoms with Crippen LogP contribution in [-0.4, -0.2) is 82.3 Å². The molecule has 2 bridgehead atoms. The van der Waals surface area contributed by atoms with Crippen molar-refractivity contribution in [1.82, 2.24) is 15.1 Å². The van der Waals surface area contributed by atoms with Crippen molar-refractivity contribution in [2.45, 2.75) is 75.9 Å². The Morgan fingerprint density at radius 2 is 1.72 bits per heavy atom. The van der Waals surface area contributed by atoms with E-state index in [0.717, 1.165) is 51.4 Å². The summed E-state index contributed by atoms with van der Waals surface area (Å²) in [6.07, 6.45) is 6.42. The van der Waals surface area contributed by atoms with Gasteiger partial charge in [-0.25, -0.2) is 0 Å². The van der Waals surface area contributed by atoms with E-state index in [1.807, 2.05) is 0 Å². The molecule has 0 aromatic rings. The molecule has 3 heterocycles. The Morgan fingerprint density at radius 1 is 1.03 bits per heavy atom. The molecule has 3 saturated heterocycles. The third-order valence-corrected chi connectivity index (χ3v) is 6.72. The van der Waals surface area contributed by atoms with E-state index in [2.05, 4.69) is 10.3 Å². The molecule has 178 valence electrons. The molecule has 0 unspecified atom stereocenters. The predicted octanol–water partition coefficient (Wildman–Crippen LogP) is -0.608. The maximum Gasteiger partial charge on any atom is 0.305 e. The molecule has 4 aliphatic rings. The molecule has 3 aliphatic heterocycles. The lowest BCUT2D eigenvalue weighted by atomic mass is 9.72. The molecule has 1 saturated carbocycles. The summed E-state index contributed by atoms with van der Waals surface area (Å²) in [5.74, 6) is -2.00. The third kappa shape index (κ3) is 5.49. The van der Waals surface area contributed by atoms with E-state index in [1.54, 1.807) is 4.90 Å². The van der Waals surface area contributed by atoms with E-state index in [4.69, 9.17) is 11.5 Å². The number of carbonyl (C=O) groups excluding carboxylic acids is 3. The van der Waals surface area contributed by atoms with Crippen LogP contribution >= 0.6 is 0 Å². The number of aliphatic imine (C=N–C) groups is 1. The van der Waals surface area contributed by atoms with Crippen molar-refractivity contribution in [3.8, 4) is 0 Å². The van der Waals surface area contributed by atoms with Crippen LogP contribution in [0.1, 0.15) is 57.8 Å². The highest BCUT2D eigenvalue weighted by molar-refractivity contribution is 6.01. The number of hydrogen-bond acceptors (Lipinski definition) is 5. The van der Waals surface area contributed by atoms with Crippen LogP contribution in [0.4, 0.5) is 0 Å². The Hall–Kier alpha value is -2.85. The zero-order valence-electron chi connectivity index (χ0n) is 18.4. The van der Waals surface area contributed by atoms with E-state index >= 15 is 0 Å². The SMILES string of the molecule is NC(N)=NCCCCCCNC(=O)CN1C(=O)[C@@H]2C3CCC(CC3)N2C(=O)[C@@H]1CC(=O)O. The zero-order chi connectivity index (χ0) is 23.3. The van der Waals surface area contributed by atoms with Crippen LogP contribution in [0.15, 0.2) is 4.99 Å². The van der Waals surface area contributed by atoms with Crippen LogP contribution in [0, 0.1) is 5.92 Å². The van der Waals surface area contributed by atoms with E-state index in [9.17, 15) is 24.3 Å². The van der Waals surface area contributed by atoms with Crippen molar-refractivity contribution in [1.29, 1.82) is 0 Å². The number of unbranched alkanes of at least 4 members (excludes halogenated alkanes) is 3. The molecule has 0 aromatic carbocycles. The molecule has 4 rings (SSSR count). The Morgan fingerprint density at radius 3 is 2.38 bits per heavy atom. The van der Waals surface area contributed by atoms with Gasteiger partial charge in [0.05, 0.1) is 6.42 Å².